The van der Waals surface area contributed by atoms with E-state index in [1.165, 1.54) is 11.3 Å². The predicted octanol–water partition coefficient (Wildman–Crippen LogP) is 3.98. The van der Waals surface area contributed by atoms with E-state index in [1.807, 2.05) is 12.3 Å². The monoisotopic (exact) mass is 320 g/mol. The average Bonchev–Trinajstić information content (AvgIpc) is 2.77. The fourth-order valence-electron chi connectivity index (χ4n) is 1.40. The van der Waals surface area contributed by atoms with Gasteiger partial charge in [-0.05, 0) is 46.6 Å². The van der Waals surface area contributed by atoms with Crippen molar-refractivity contribution in [1.29, 1.82) is 5.26 Å². The Kier molecular flexibility index (Phi) is 3.80. The third-order valence-corrected chi connectivity index (χ3v) is 3.88. The van der Waals surface area contributed by atoms with Crippen molar-refractivity contribution in [2.45, 2.75) is 6.92 Å². The smallest absolute Gasteiger partial charge is 0.134 e. The van der Waals surface area contributed by atoms with Crippen LogP contribution >= 0.6 is 27.3 Å². The second-order valence-electron chi connectivity index (χ2n) is 3.67. The Morgan fingerprint density at radius 1 is 1.56 bits per heavy atom. The molecule has 2 aromatic rings. The molecule has 5 heteroatoms. The molecule has 18 heavy (non-hydrogen) atoms. The summed E-state index contributed by atoms with van der Waals surface area (Å²) in [4.78, 5) is 4.28. The summed E-state index contributed by atoms with van der Waals surface area (Å²) in [5.74, 6) is 0.177. The molecule has 0 aliphatic heterocycles. The van der Waals surface area contributed by atoms with Crippen LogP contribution in [0, 0.1) is 18.3 Å². The van der Waals surface area contributed by atoms with Crippen LogP contribution < -0.4 is 0 Å². The Morgan fingerprint density at radius 2 is 2.33 bits per heavy atom. The van der Waals surface area contributed by atoms with Crippen LogP contribution in [0.2, 0.25) is 0 Å². The van der Waals surface area contributed by atoms with Gasteiger partial charge in [0.1, 0.15) is 16.8 Å². The van der Waals surface area contributed by atoms with Gasteiger partial charge in [-0.2, -0.15) is 5.26 Å². The molecule has 90 valence electrons. The van der Waals surface area contributed by atoms with E-state index in [4.69, 9.17) is 5.26 Å². The molecule has 1 aromatic carbocycles. The Morgan fingerprint density at radius 3 is 2.89 bits per heavy atom. The maximum atomic E-state index is 9.41. The Bertz CT molecular complexity index is 655. The number of hydrogen-bond acceptors (Lipinski definition) is 4. The molecule has 0 bridgehead atoms. The molecule has 0 spiro atoms. The van der Waals surface area contributed by atoms with Crippen molar-refractivity contribution in [3.05, 3.63) is 44.3 Å². The summed E-state index contributed by atoms with van der Waals surface area (Å²) in [5, 5.41) is 21.2. The lowest BCUT2D eigenvalue weighted by Gasteiger charge is -1.99. The van der Waals surface area contributed by atoms with Crippen molar-refractivity contribution in [3.8, 4) is 11.8 Å². The standard InChI is InChI=1S/C13H9BrN2OS/c1-8-7-18-13(16-8)10(6-15)4-9-2-3-12(17)11(14)5-9/h2-5,7,17H,1H3/b10-4+. The molecule has 0 saturated heterocycles. The third kappa shape index (κ3) is 2.78. The normalized spacial score (nSPS) is 11.3. The number of phenolic OH excluding ortho intramolecular Hbond substituents is 1. The number of hydrogen-bond donors (Lipinski definition) is 1. The van der Waals surface area contributed by atoms with Gasteiger partial charge in [-0.1, -0.05) is 6.07 Å². The number of aryl methyl sites for hydroxylation is 1. The van der Waals surface area contributed by atoms with Gasteiger partial charge in [0.05, 0.1) is 10.0 Å². The Hall–Kier alpha value is -1.64. The van der Waals surface area contributed by atoms with Crippen molar-refractivity contribution in [2.75, 3.05) is 0 Å². The van der Waals surface area contributed by atoms with Crippen LogP contribution in [-0.4, -0.2) is 10.1 Å². The van der Waals surface area contributed by atoms with Gasteiger partial charge in [0, 0.05) is 11.1 Å². The first-order chi connectivity index (χ1) is 8.60. The van der Waals surface area contributed by atoms with E-state index in [0.29, 0.717) is 15.1 Å². The first kappa shape index (κ1) is 12.8. The van der Waals surface area contributed by atoms with E-state index in [2.05, 4.69) is 27.0 Å². The van der Waals surface area contributed by atoms with E-state index in [0.717, 1.165) is 11.3 Å². The first-order valence-electron chi connectivity index (χ1n) is 5.13. The highest BCUT2D eigenvalue weighted by molar-refractivity contribution is 9.10. The summed E-state index contributed by atoms with van der Waals surface area (Å²) >= 11 is 4.69. The summed E-state index contributed by atoms with van der Waals surface area (Å²) in [6.07, 6.45) is 1.75. The second-order valence-corrected chi connectivity index (χ2v) is 5.39. The maximum Gasteiger partial charge on any atom is 0.134 e. The van der Waals surface area contributed by atoms with Crippen LogP contribution in [0.15, 0.2) is 28.1 Å². The van der Waals surface area contributed by atoms with Gasteiger partial charge in [0.2, 0.25) is 0 Å². The van der Waals surface area contributed by atoms with Crippen LogP contribution in [0.1, 0.15) is 16.3 Å². The van der Waals surface area contributed by atoms with Crippen molar-refractivity contribution >= 4 is 38.9 Å². The number of aromatic hydroxyl groups is 1. The molecule has 2 rings (SSSR count). The largest absolute Gasteiger partial charge is 0.507 e. The minimum atomic E-state index is 0.177. The zero-order chi connectivity index (χ0) is 13.1. The SMILES string of the molecule is Cc1csc(/C(C#N)=C/c2ccc(O)c(Br)c2)n1. The molecule has 1 aromatic heterocycles. The quantitative estimate of drug-likeness (QED) is 0.851. The molecular formula is C13H9BrN2OS. The summed E-state index contributed by atoms with van der Waals surface area (Å²) in [7, 11) is 0. The summed E-state index contributed by atoms with van der Waals surface area (Å²) in [6, 6.07) is 7.23. The summed E-state index contributed by atoms with van der Waals surface area (Å²) in [5.41, 5.74) is 2.26. The molecule has 0 radical (unpaired) electrons. The number of phenols is 1. The third-order valence-electron chi connectivity index (χ3n) is 2.25. The van der Waals surface area contributed by atoms with Gasteiger partial charge in [-0.15, -0.1) is 11.3 Å². The van der Waals surface area contributed by atoms with Gasteiger partial charge >= 0.3 is 0 Å². The molecular weight excluding hydrogens is 312 g/mol. The highest BCUT2D eigenvalue weighted by atomic mass is 79.9. The lowest BCUT2D eigenvalue weighted by molar-refractivity contribution is 0.472. The lowest BCUT2D eigenvalue weighted by atomic mass is 10.1. The van der Waals surface area contributed by atoms with Crippen LogP contribution in [0.4, 0.5) is 0 Å². The molecule has 0 fully saturated rings. The van der Waals surface area contributed by atoms with E-state index in [9.17, 15) is 5.11 Å². The Balaban J connectivity index is 2.41. The minimum absolute atomic E-state index is 0.177. The first-order valence-corrected chi connectivity index (χ1v) is 6.80. The highest BCUT2D eigenvalue weighted by Gasteiger charge is 2.06. The molecule has 0 saturated carbocycles. The zero-order valence-corrected chi connectivity index (χ0v) is 11.9. The minimum Gasteiger partial charge on any atom is -0.507 e. The fourth-order valence-corrected chi connectivity index (χ4v) is 2.56. The van der Waals surface area contributed by atoms with Crippen LogP contribution in [0.5, 0.6) is 5.75 Å². The Labute approximate surface area is 117 Å². The second kappa shape index (κ2) is 5.34. The van der Waals surface area contributed by atoms with Gasteiger partial charge in [-0.25, -0.2) is 4.98 Å². The number of aromatic nitrogens is 1. The molecule has 0 atom stereocenters. The highest BCUT2D eigenvalue weighted by Crippen LogP contribution is 2.27. The molecule has 1 N–H and O–H groups in total. The van der Waals surface area contributed by atoms with Gasteiger partial charge in [0.25, 0.3) is 0 Å². The predicted molar refractivity (Wildman–Crippen MR) is 76.1 cm³/mol. The van der Waals surface area contributed by atoms with Gasteiger partial charge in [-0.3, -0.25) is 0 Å². The van der Waals surface area contributed by atoms with Gasteiger partial charge in [0.15, 0.2) is 0 Å². The molecule has 3 nitrogen and oxygen atoms in total. The molecule has 0 amide bonds. The summed E-state index contributed by atoms with van der Waals surface area (Å²) in [6.45, 7) is 1.89. The van der Waals surface area contributed by atoms with E-state index in [-0.39, 0.29) is 5.75 Å². The number of halogens is 1. The van der Waals surface area contributed by atoms with E-state index >= 15 is 0 Å². The van der Waals surface area contributed by atoms with Crippen molar-refractivity contribution in [1.82, 2.24) is 4.98 Å². The van der Waals surface area contributed by atoms with Crippen molar-refractivity contribution in [3.63, 3.8) is 0 Å². The number of allylic oxidation sites excluding steroid dienone is 1. The number of rotatable bonds is 2. The molecule has 1 heterocycles. The number of benzene rings is 1. The fraction of sp³-hybridized carbons (Fsp3) is 0.0769. The maximum absolute atomic E-state index is 9.41. The van der Waals surface area contributed by atoms with Crippen LogP contribution in [0.3, 0.4) is 0 Å². The topological polar surface area (TPSA) is 56.9 Å². The molecule has 0 aliphatic carbocycles. The van der Waals surface area contributed by atoms with Crippen LogP contribution in [-0.2, 0) is 0 Å². The van der Waals surface area contributed by atoms with Crippen molar-refractivity contribution in [2.24, 2.45) is 0 Å². The van der Waals surface area contributed by atoms with Crippen LogP contribution in [0.25, 0.3) is 11.6 Å². The van der Waals surface area contributed by atoms with E-state index < -0.39 is 0 Å². The van der Waals surface area contributed by atoms with Gasteiger partial charge < -0.3 is 5.11 Å². The average molecular weight is 321 g/mol. The van der Waals surface area contributed by atoms with E-state index in [1.54, 1.807) is 24.3 Å². The number of nitrogens with zero attached hydrogens (tertiary/aromatic N) is 2. The molecule has 0 aliphatic rings. The van der Waals surface area contributed by atoms with Crippen molar-refractivity contribution < 1.29 is 5.11 Å². The molecule has 0 unspecified atom stereocenters. The number of nitriles is 1. The number of thiazole rings is 1. The summed E-state index contributed by atoms with van der Waals surface area (Å²) < 4.78 is 0.601. The zero-order valence-electron chi connectivity index (χ0n) is 9.51. The lowest BCUT2D eigenvalue weighted by Crippen LogP contribution is -1.82.